The lowest BCUT2D eigenvalue weighted by Gasteiger charge is -2.18. The van der Waals surface area contributed by atoms with Crippen molar-refractivity contribution in [3.8, 4) is 0 Å². The summed E-state index contributed by atoms with van der Waals surface area (Å²) in [6.45, 7) is 6.55. The number of hydrogen-bond donors (Lipinski definition) is 0. The van der Waals surface area contributed by atoms with Crippen LogP contribution in [0.1, 0.15) is 271 Å². The van der Waals surface area contributed by atoms with E-state index in [2.05, 4.69) is 51.2 Å². The summed E-state index contributed by atoms with van der Waals surface area (Å²) in [5.74, 6) is -0.969. The van der Waals surface area contributed by atoms with Gasteiger partial charge in [-0.25, -0.2) is 0 Å². The van der Waals surface area contributed by atoms with Crippen molar-refractivity contribution < 1.29 is 28.6 Å². The molecule has 0 aromatic heterocycles. The van der Waals surface area contributed by atoms with Gasteiger partial charge in [-0.2, -0.15) is 0 Å². The fourth-order valence-corrected chi connectivity index (χ4v) is 7.42. The zero-order chi connectivity index (χ0) is 43.7. The van der Waals surface area contributed by atoms with Crippen LogP contribution in [0.5, 0.6) is 0 Å². The standard InChI is InChI=1S/C54H98O6/c1-4-7-10-13-16-19-22-24-25-26-27-28-29-31-32-35-38-41-44-47-53(56)59-50-51(49-58-52(55)46-43-40-37-34-21-18-15-12-9-6-3)60-54(57)48-45-42-39-36-33-30-23-20-17-14-11-8-5-2/h15,18,30,33,39,42,51H,4-14,16-17,19-29,31-32,34-38,40-41,43-50H2,1-3H3/b18-15-,33-30-,42-39-. The normalized spacial score (nSPS) is 12.2. The average Bonchev–Trinajstić information content (AvgIpc) is 3.24. The Labute approximate surface area is 372 Å². The molecule has 0 spiro atoms. The van der Waals surface area contributed by atoms with E-state index in [9.17, 15) is 14.4 Å². The predicted octanol–water partition coefficient (Wildman–Crippen LogP) is 16.9. The summed E-state index contributed by atoms with van der Waals surface area (Å²) < 4.78 is 16.7. The monoisotopic (exact) mass is 843 g/mol. The minimum Gasteiger partial charge on any atom is -0.462 e. The van der Waals surface area contributed by atoms with Crippen LogP contribution in [0.15, 0.2) is 36.5 Å². The van der Waals surface area contributed by atoms with Crippen molar-refractivity contribution in [3.63, 3.8) is 0 Å². The lowest BCUT2D eigenvalue weighted by atomic mass is 10.0. The second kappa shape index (κ2) is 49.3. The number of allylic oxidation sites excluding steroid dienone is 6. The number of rotatable bonds is 47. The molecule has 0 heterocycles. The fraction of sp³-hybridized carbons (Fsp3) is 0.833. The van der Waals surface area contributed by atoms with E-state index in [0.29, 0.717) is 19.3 Å². The average molecular weight is 843 g/mol. The summed E-state index contributed by atoms with van der Waals surface area (Å²) in [6, 6.07) is 0. The van der Waals surface area contributed by atoms with Crippen LogP contribution in [0.2, 0.25) is 0 Å². The molecular formula is C54H98O6. The largest absolute Gasteiger partial charge is 0.462 e. The predicted molar refractivity (Wildman–Crippen MR) is 256 cm³/mol. The van der Waals surface area contributed by atoms with Gasteiger partial charge in [-0.15, -0.1) is 0 Å². The molecule has 0 aliphatic rings. The molecule has 0 saturated heterocycles. The van der Waals surface area contributed by atoms with E-state index in [1.807, 2.05) is 6.08 Å². The van der Waals surface area contributed by atoms with Gasteiger partial charge in [-0.1, -0.05) is 231 Å². The van der Waals surface area contributed by atoms with Crippen LogP contribution < -0.4 is 0 Å². The van der Waals surface area contributed by atoms with Gasteiger partial charge in [0.05, 0.1) is 0 Å². The third-order valence-electron chi connectivity index (χ3n) is 11.4. The quantitative estimate of drug-likeness (QED) is 0.0263. The molecular weight excluding hydrogens is 745 g/mol. The number of hydrogen-bond acceptors (Lipinski definition) is 6. The highest BCUT2D eigenvalue weighted by Crippen LogP contribution is 2.16. The first kappa shape index (κ1) is 57.6. The van der Waals surface area contributed by atoms with Crippen LogP contribution in [0.3, 0.4) is 0 Å². The van der Waals surface area contributed by atoms with Gasteiger partial charge in [-0.05, 0) is 57.8 Å². The fourth-order valence-electron chi connectivity index (χ4n) is 7.42. The van der Waals surface area contributed by atoms with Crippen LogP contribution in [0, 0.1) is 0 Å². The van der Waals surface area contributed by atoms with E-state index in [1.165, 1.54) is 154 Å². The maximum atomic E-state index is 12.7. The van der Waals surface area contributed by atoms with E-state index < -0.39 is 6.10 Å². The van der Waals surface area contributed by atoms with Crippen molar-refractivity contribution in [2.45, 2.75) is 277 Å². The minimum absolute atomic E-state index is 0.0952. The van der Waals surface area contributed by atoms with Gasteiger partial charge < -0.3 is 14.2 Å². The number of ether oxygens (including phenoxy) is 3. The van der Waals surface area contributed by atoms with Crippen molar-refractivity contribution in [2.75, 3.05) is 13.2 Å². The van der Waals surface area contributed by atoms with E-state index >= 15 is 0 Å². The van der Waals surface area contributed by atoms with Crippen molar-refractivity contribution in [2.24, 2.45) is 0 Å². The molecule has 60 heavy (non-hydrogen) atoms. The van der Waals surface area contributed by atoms with Gasteiger partial charge in [0.1, 0.15) is 13.2 Å². The maximum Gasteiger partial charge on any atom is 0.306 e. The Bertz CT molecular complexity index is 1020. The van der Waals surface area contributed by atoms with Crippen LogP contribution in [-0.4, -0.2) is 37.2 Å². The van der Waals surface area contributed by atoms with Crippen LogP contribution in [0.25, 0.3) is 0 Å². The van der Waals surface area contributed by atoms with Crippen LogP contribution in [-0.2, 0) is 28.6 Å². The second-order valence-corrected chi connectivity index (χ2v) is 17.4. The molecule has 0 saturated carbocycles. The summed E-state index contributed by atoms with van der Waals surface area (Å²) in [6.07, 6.45) is 57.2. The van der Waals surface area contributed by atoms with Gasteiger partial charge in [-0.3, -0.25) is 14.4 Å². The zero-order valence-electron chi connectivity index (χ0n) is 40.0. The summed E-state index contributed by atoms with van der Waals surface area (Å²) >= 11 is 0. The third kappa shape index (κ3) is 46.7. The molecule has 0 aliphatic heterocycles. The maximum absolute atomic E-state index is 12.7. The number of carbonyl (C=O) groups excluding carboxylic acids is 3. The van der Waals surface area contributed by atoms with Crippen molar-refractivity contribution in [1.29, 1.82) is 0 Å². The first-order chi connectivity index (χ1) is 29.5. The van der Waals surface area contributed by atoms with E-state index in [0.717, 1.165) is 70.6 Å². The SMILES string of the molecule is CCCC/C=C\CCCCCCC(=O)OCC(COC(=O)CCCCCCCCCCCCCCCCCCCCC)OC(=O)CC/C=C\C/C=C\CCCCCCCC. The lowest BCUT2D eigenvalue weighted by molar-refractivity contribution is -0.166. The van der Waals surface area contributed by atoms with Crippen molar-refractivity contribution in [3.05, 3.63) is 36.5 Å². The summed E-state index contributed by atoms with van der Waals surface area (Å²) in [5, 5.41) is 0. The highest BCUT2D eigenvalue weighted by molar-refractivity contribution is 5.71. The Balaban J connectivity index is 4.32. The summed E-state index contributed by atoms with van der Waals surface area (Å²) in [5.41, 5.74) is 0. The van der Waals surface area contributed by atoms with Crippen LogP contribution >= 0.6 is 0 Å². The molecule has 0 aromatic carbocycles. The molecule has 350 valence electrons. The Morgan fingerprint density at radius 2 is 0.650 bits per heavy atom. The first-order valence-electron chi connectivity index (χ1n) is 26.0. The smallest absolute Gasteiger partial charge is 0.306 e. The molecule has 1 atom stereocenters. The van der Waals surface area contributed by atoms with Gasteiger partial charge >= 0.3 is 17.9 Å². The van der Waals surface area contributed by atoms with Crippen LogP contribution in [0.4, 0.5) is 0 Å². The third-order valence-corrected chi connectivity index (χ3v) is 11.4. The Morgan fingerprint density at radius 1 is 0.333 bits per heavy atom. The van der Waals surface area contributed by atoms with Crippen molar-refractivity contribution in [1.82, 2.24) is 0 Å². The van der Waals surface area contributed by atoms with Gasteiger partial charge in [0.2, 0.25) is 0 Å². The Kier molecular flexibility index (Phi) is 47.3. The Morgan fingerprint density at radius 3 is 1.05 bits per heavy atom. The molecule has 0 bridgehead atoms. The van der Waals surface area contributed by atoms with E-state index in [4.69, 9.17) is 14.2 Å². The molecule has 0 fully saturated rings. The Hall–Kier alpha value is -2.37. The molecule has 0 aromatic rings. The first-order valence-corrected chi connectivity index (χ1v) is 26.0. The molecule has 0 aliphatic carbocycles. The second-order valence-electron chi connectivity index (χ2n) is 17.4. The van der Waals surface area contributed by atoms with Gasteiger partial charge in [0.15, 0.2) is 6.10 Å². The molecule has 6 nitrogen and oxygen atoms in total. The molecule has 0 amide bonds. The van der Waals surface area contributed by atoms with E-state index in [1.54, 1.807) is 0 Å². The van der Waals surface area contributed by atoms with Gasteiger partial charge in [0.25, 0.3) is 0 Å². The highest BCUT2D eigenvalue weighted by atomic mass is 16.6. The van der Waals surface area contributed by atoms with Crippen molar-refractivity contribution >= 4 is 17.9 Å². The molecule has 0 N–H and O–H groups in total. The minimum atomic E-state index is -0.802. The van der Waals surface area contributed by atoms with Gasteiger partial charge in [0, 0.05) is 19.3 Å². The highest BCUT2D eigenvalue weighted by Gasteiger charge is 2.19. The van der Waals surface area contributed by atoms with E-state index in [-0.39, 0.29) is 37.5 Å². The summed E-state index contributed by atoms with van der Waals surface area (Å²) in [7, 11) is 0. The topological polar surface area (TPSA) is 78.9 Å². The number of esters is 3. The lowest BCUT2D eigenvalue weighted by Crippen LogP contribution is -2.30. The molecule has 1 unspecified atom stereocenters. The molecule has 0 radical (unpaired) electrons. The molecule has 0 rings (SSSR count). The number of carbonyl (C=O) groups is 3. The molecule has 6 heteroatoms. The zero-order valence-corrected chi connectivity index (χ0v) is 40.0. The number of unbranched alkanes of at least 4 members (excludes halogenated alkanes) is 30. The summed E-state index contributed by atoms with van der Waals surface area (Å²) in [4.78, 5) is 37.8.